The Hall–Kier alpha value is -1.80. The van der Waals surface area contributed by atoms with Crippen molar-refractivity contribution in [3.63, 3.8) is 0 Å². The monoisotopic (exact) mass is 249 g/mol. The first-order valence-corrected chi connectivity index (χ1v) is 5.68. The first kappa shape index (κ1) is 11.7. The average Bonchev–Trinajstić information content (AvgIpc) is 2.88. The van der Waals surface area contributed by atoms with Crippen LogP contribution in [0.4, 0.5) is 0 Å². The highest BCUT2D eigenvalue weighted by molar-refractivity contribution is 6.31. The Morgan fingerprint density at radius 1 is 1.53 bits per heavy atom. The van der Waals surface area contributed by atoms with E-state index in [-0.39, 0.29) is 0 Å². The van der Waals surface area contributed by atoms with Gasteiger partial charge in [0.25, 0.3) is 0 Å². The van der Waals surface area contributed by atoms with Crippen LogP contribution < -0.4 is 0 Å². The Bertz CT molecular complexity index is 575. The summed E-state index contributed by atoms with van der Waals surface area (Å²) >= 11 is 6.21. The van der Waals surface area contributed by atoms with Crippen molar-refractivity contribution in [1.82, 2.24) is 19.3 Å². The average molecular weight is 250 g/mol. The summed E-state index contributed by atoms with van der Waals surface area (Å²) in [6.45, 7) is 5.14. The number of aromatic nitrogens is 4. The SMILES string of the molecule is CCn1nc(C)c(Cl)c1Cn1ccnc1C#N. The summed E-state index contributed by atoms with van der Waals surface area (Å²) in [5.74, 6) is 0.377. The predicted molar refractivity (Wildman–Crippen MR) is 63.7 cm³/mol. The lowest BCUT2D eigenvalue weighted by atomic mass is 10.3. The van der Waals surface area contributed by atoms with Crippen molar-refractivity contribution in [2.45, 2.75) is 26.9 Å². The molecule has 0 radical (unpaired) electrons. The molecule has 0 fully saturated rings. The minimum atomic E-state index is 0.377. The van der Waals surface area contributed by atoms with Crippen LogP contribution in [-0.2, 0) is 13.1 Å². The van der Waals surface area contributed by atoms with E-state index < -0.39 is 0 Å². The van der Waals surface area contributed by atoms with E-state index in [1.54, 1.807) is 17.0 Å². The van der Waals surface area contributed by atoms with Crippen LogP contribution in [-0.4, -0.2) is 19.3 Å². The second-order valence-corrected chi connectivity index (χ2v) is 4.03. The molecule has 0 spiro atoms. The van der Waals surface area contributed by atoms with Gasteiger partial charge >= 0.3 is 0 Å². The summed E-state index contributed by atoms with van der Waals surface area (Å²) in [5, 5.41) is 13.9. The van der Waals surface area contributed by atoms with Crippen LogP contribution in [0, 0.1) is 18.3 Å². The zero-order valence-electron chi connectivity index (χ0n) is 9.68. The van der Waals surface area contributed by atoms with Gasteiger partial charge in [-0.2, -0.15) is 10.4 Å². The molecule has 2 rings (SSSR count). The fraction of sp³-hybridized carbons (Fsp3) is 0.364. The van der Waals surface area contributed by atoms with E-state index in [0.717, 1.165) is 17.9 Å². The lowest BCUT2D eigenvalue weighted by Crippen LogP contribution is -2.09. The number of rotatable bonds is 3. The molecule has 0 saturated carbocycles. The van der Waals surface area contributed by atoms with Crippen molar-refractivity contribution < 1.29 is 0 Å². The number of aryl methyl sites for hydroxylation is 2. The summed E-state index contributed by atoms with van der Waals surface area (Å²) in [7, 11) is 0. The smallest absolute Gasteiger partial charge is 0.213 e. The fourth-order valence-corrected chi connectivity index (χ4v) is 1.93. The van der Waals surface area contributed by atoms with Gasteiger partial charge in [0.15, 0.2) is 0 Å². The number of nitrogens with zero attached hydrogens (tertiary/aromatic N) is 5. The summed E-state index contributed by atoms with van der Waals surface area (Å²) in [6.07, 6.45) is 3.36. The van der Waals surface area contributed by atoms with Gasteiger partial charge in [0.2, 0.25) is 5.82 Å². The van der Waals surface area contributed by atoms with E-state index in [2.05, 4.69) is 10.1 Å². The number of imidazole rings is 1. The molecule has 5 nitrogen and oxygen atoms in total. The Morgan fingerprint density at radius 2 is 2.29 bits per heavy atom. The van der Waals surface area contributed by atoms with Gasteiger partial charge in [0.05, 0.1) is 23.0 Å². The Kier molecular flexibility index (Phi) is 3.16. The van der Waals surface area contributed by atoms with Gasteiger partial charge in [-0.25, -0.2) is 4.98 Å². The van der Waals surface area contributed by atoms with Crippen LogP contribution in [0.2, 0.25) is 5.02 Å². The standard InChI is InChI=1S/C11H12ClN5/c1-3-17-9(11(12)8(2)15-17)7-16-5-4-14-10(16)6-13/h4-5H,3,7H2,1-2H3. The van der Waals surface area contributed by atoms with Crippen LogP contribution in [0.5, 0.6) is 0 Å². The maximum atomic E-state index is 8.90. The molecular formula is C11H12ClN5. The maximum absolute atomic E-state index is 8.90. The molecule has 0 unspecified atom stereocenters. The van der Waals surface area contributed by atoms with E-state index >= 15 is 0 Å². The maximum Gasteiger partial charge on any atom is 0.213 e. The molecule has 2 aromatic rings. The highest BCUT2D eigenvalue weighted by Gasteiger charge is 2.14. The van der Waals surface area contributed by atoms with E-state index in [4.69, 9.17) is 16.9 Å². The number of nitriles is 1. The van der Waals surface area contributed by atoms with Gasteiger partial charge in [-0.1, -0.05) is 11.6 Å². The van der Waals surface area contributed by atoms with Crippen molar-refractivity contribution >= 4 is 11.6 Å². The molecule has 0 bridgehead atoms. The second-order valence-electron chi connectivity index (χ2n) is 3.65. The van der Waals surface area contributed by atoms with Gasteiger partial charge < -0.3 is 4.57 Å². The molecule has 0 aromatic carbocycles. The van der Waals surface area contributed by atoms with Crippen LogP contribution >= 0.6 is 11.6 Å². The van der Waals surface area contributed by atoms with Crippen molar-refractivity contribution in [2.24, 2.45) is 0 Å². The summed E-state index contributed by atoms with van der Waals surface area (Å²) < 4.78 is 3.60. The van der Waals surface area contributed by atoms with E-state index in [0.29, 0.717) is 17.4 Å². The molecule has 2 heterocycles. The zero-order chi connectivity index (χ0) is 12.4. The van der Waals surface area contributed by atoms with Crippen molar-refractivity contribution in [2.75, 3.05) is 0 Å². The second kappa shape index (κ2) is 4.60. The Labute approximate surface area is 104 Å². The predicted octanol–water partition coefficient (Wildman–Crippen LogP) is 1.98. The number of hydrogen-bond acceptors (Lipinski definition) is 3. The highest BCUT2D eigenvalue weighted by Crippen LogP contribution is 2.21. The van der Waals surface area contributed by atoms with Crippen LogP contribution in [0.1, 0.15) is 24.1 Å². The number of hydrogen-bond donors (Lipinski definition) is 0. The topological polar surface area (TPSA) is 59.4 Å². The molecule has 17 heavy (non-hydrogen) atoms. The normalized spacial score (nSPS) is 10.5. The molecule has 0 aliphatic rings. The first-order valence-electron chi connectivity index (χ1n) is 5.30. The molecule has 0 N–H and O–H groups in total. The summed E-state index contributed by atoms with van der Waals surface area (Å²) in [4.78, 5) is 3.95. The molecule has 6 heteroatoms. The Morgan fingerprint density at radius 3 is 2.94 bits per heavy atom. The quantitative estimate of drug-likeness (QED) is 0.836. The third-order valence-electron chi connectivity index (χ3n) is 2.59. The molecule has 0 atom stereocenters. The van der Waals surface area contributed by atoms with Crippen LogP contribution in [0.3, 0.4) is 0 Å². The van der Waals surface area contributed by atoms with E-state index in [9.17, 15) is 0 Å². The lowest BCUT2D eigenvalue weighted by Gasteiger charge is -2.06. The minimum absolute atomic E-state index is 0.377. The van der Waals surface area contributed by atoms with Crippen molar-refractivity contribution in [3.05, 3.63) is 34.6 Å². The molecule has 0 saturated heterocycles. The van der Waals surface area contributed by atoms with Crippen molar-refractivity contribution in [1.29, 1.82) is 5.26 Å². The molecule has 0 aliphatic heterocycles. The third kappa shape index (κ3) is 2.04. The van der Waals surface area contributed by atoms with Crippen molar-refractivity contribution in [3.8, 4) is 6.07 Å². The van der Waals surface area contributed by atoms with Gasteiger partial charge in [-0.05, 0) is 13.8 Å². The molecule has 88 valence electrons. The molecule has 0 aliphatic carbocycles. The Balaban J connectivity index is 2.40. The van der Waals surface area contributed by atoms with Crippen LogP contribution in [0.25, 0.3) is 0 Å². The van der Waals surface area contributed by atoms with Crippen LogP contribution in [0.15, 0.2) is 12.4 Å². The van der Waals surface area contributed by atoms with Gasteiger partial charge in [-0.15, -0.1) is 0 Å². The molecule has 2 aromatic heterocycles. The number of halogens is 1. The van der Waals surface area contributed by atoms with Gasteiger partial charge in [0.1, 0.15) is 6.07 Å². The summed E-state index contributed by atoms with van der Waals surface area (Å²) in [5.41, 5.74) is 1.71. The first-order chi connectivity index (χ1) is 8.17. The minimum Gasteiger partial charge on any atom is -0.317 e. The van der Waals surface area contributed by atoms with Gasteiger partial charge in [0, 0.05) is 18.9 Å². The molecule has 0 amide bonds. The fourth-order valence-electron chi connectivity index (χ4n) is 1.73. The lowest BCUT2D eigenvalue weighted by molar-refractivity contribution is 0.595. The van der Waals surface area contributed by atoms with Gasteiger partial charge in [-0.3, -0.25) is 4.68 Å². The zero-order valence-corrected chi connectivity index (χ0v) is 10.4. The van der Waals surface area contributed by atoms with E-state index in [1.165, 1.54) is 0 Å². The largest absolute Gasteiger partial charge is 0.317 e. The third-order valence-corrected chi connectivity index (χ3v) is 3.08. The molecular weight excluding hydrogens is 238 g/mol. The summed E-state index contributed by atoms with van der Waals surface area (Å²) in [6, 6.07) is 2.04. The highest BCUT2D eigenvalue weighted by atomic mass is 35.5. The van der Waals surface area contributed by atoms with E-state index in [1.807, 2.05) is 24.6 Å².